The molecule has 0 aliphatic carbocycles. The molecule has 0 unspecified atom stereocenters. The van der Waals surface area contributed by atoms with Crippen molar-refractivity contribution in [1.82, 2.24) is 4.98 Å². The van der Waals surface area contributed by atoms with Gasteiger partial charge in [0.05, 0.1) is 15.6 Å². The summed E-state index contributed by atoms with van der Waals surface area (Å²) >= 11 is 1.58. The van der Waals surface area contributed by atoms with Crippen molar-refractivity contribution in [3.8, 4) is 5.75 Å². The van der Waals surface area contributed by atoms with E-state index in [2.05, 4.69) is 4.98 Å². The van der Waals surface area contributed by atoms with Crippen molar-refractivity contribution >= 4 is 17.0 Å². The number of nitro benzene ring substituents is 1. The van der Waals surface area contributed by atoms with Gasteiger partial charge in [-0.2, -0.15) is 0 Å². The largest absolute Gasteiger partial charge is 0.487 e. The van der Waals surface area contributed by atoms with Crippen LogP contribution in [0.4, 0.5) is 5.69 Å². The van der Waals surface area contributed by atoms with Gasteiger partial charge in [-0.3, -0.25) is 10.1 Å². The molecule has 26 heavy (non-hydrogen) atoms. The molecule has 3 aromatic rings. The van der Waals surface area contributed by atoms with Gasteiger partial charge in [-0.25, -0.2) is 4.98 Å². The molecule has 2 aromatic carbocycles. The summed E-state index contributed by atoms with van der Waals surface area (Å²) < 4.78 is 5.76. The highest BCUT2D eigenvalue weighted by molar-refractivity contribution is 7.09. The lowest BCUT2D eigenvalue weighted by atomic mass is 10.0. The molecule has 1 heterocycles. The third-order valence-electron chi connectivity index (χ3n) is 4.20. The molecule has 0 saturated carbocycles. The summed E-state index contributed by atoms with van der Waals surface area (Å²) in [5, 5.41) is 14.0. The average Bonchev–Trinajstić information content (AvgIpc) is 3.04. The molecule has 1 aromatic heterocycles. The van der Waals surface area contributed by atoms with Crippen LogP contribution in [0.2, 0.25) is 0 Å². The highest BCUT2D eigenvalue weighted by Gasteiger charge is 2.14. The summed E-state index contributed by atoms with van der Waals surface area (Å²) in [6, 6.07) is 11.5. The Labute approximate surface area is 156 Å². The van der Waals surface area contributed by atoms with Gasteiger partial charge in [-0.15, -0.1) is 11.3 Å². The highest BCUT2D eigenvalue weighted by atomic mass is 32.1. The van der Waals surface area contributed by atoms with Crippen LogP contribution in [0, 0.1) is 30.9 Å². The van der Waals surface area contributed by atoms with Crippen LogP contribution in [0.3, 0.4) is 0 Å². The lowest BCUT2D eigenvalue weighted by Crippen LogP contribution is -1.99. The highest BCUT2D eigenvalue weighted by Crippen LogP contribution is 2.25. The van der Waals surface area contributed by atoms with Gasteiger partial charge >= 0.3 is 0 Å². The minimum atomic E-state index is -0.337. The lowest BCUT2D eigenvalue weighted by molar-refractivity contribution is -0.385. The first-order valence-corrected chi connectivity index (χ1v) is 9.17. The molecule has 5 nitrogen and oxygen atoms in total. The molecule has 134 valence electrons. The first kappa shape index (κ1) is 18.1. The number of nitro groups is 1. The average molecular weight is 368 g/mol. The smallest absolute Gasteiger partial charge is 0.272 e. The summed E-state index contributed by atoms with van der Waals surface area (Å²) in [7, 11) is 0. The van der Waals surface area contributed by atoms with Gasteiger partial charge < -0.3 is 4.74 Å². The van der Waals surface area contributed by atoms with Crippen molar-refractivity contribution < 1.29 is 9.66 Å². The zero-order valence-electron chi connectivity index (χ0n) is 15.0. The quantitative estimate of drug-likeness (QED) is 0.446. The number of nitrogens with zero attached hydrogens (tertiary/aromatic N) is 2. The Kier molecular flexibility index (Phi) is 5.32. The fraction of sp³-hybridized carbons (Fsp3) is 0.250. The van der Waals surface area contributed by atoms with Gasteiger partial charge in [-0.1, -0.05) is 17.7 Å². The molecule has 0 radical (unpaired) electrons. The second-order valence-electron chi connectivity index (χ2n) is 6.33. The summed E-state index contributed by atoms with van der Waals surface area (Å²) in [6.07, 6.45) is 0.667. The van der Waals surface area contributed by atoms with Crippen LogP contribution in [-0.4, -0.2) is 9.91 Å². The van der Waals surface area contributed by atoms with Crippen LogP contribution in [-0.2, 0) is 13.0 Å². The molecule has 0 N–H and O–H groups in total. The van der Waals surface area contributed by atoms with Crippen molar-refractivity contribution in [1.29, 1.82) is 0 Å². The summed E-state index contributed by atoms with van der Waals surface area (Å²) in [5.41, 5.74) is 4.90. The van der Waals surface area contributed by atoms with Gasteiger partial charge in [0.1, 0.15) is 12.4 Å². The number of benzene rings is 2. The molecule has 0 atom stereocenters. The molecule has 0 bridgehead atoms. The first-order valence-electron chi connectivity index (χ1n) is 8.29. The number of thiazole rings is 1. The molecule has 6 heteroatoms. The minimum absolute atomic E-state index is 0.164. The topological polar surface area (TPSA) is 65.3 Å². The van der Waals surface area contributed by atoms with E-state index in [1.165, 1.54) is 5.56 Å². The Morgan fingerprint density at radius 1 is 1.12 bits per heavy atom. The maximum atomic E-state index is 11.0. The van der Waals surface area contributed by atoms with Crippen LogP contribution in [0.1, 0.15) is 33.0 Å². The van der Waals surface area contributed by atoms with Crippen LogP contribution in [0.5, 0.6) is 5.75 Å². The van der Waals surface area contributed by atoms with Gasteiger partial charge in [0.25, 0.3) is 5.69 Å². The van der Waals surface area contributed by atoms with Crippen molar-refractivity contribution in [2.24, 2.45) is 0 Å². The number of hydrogen-bond donors (Lipinski definition) is 0. The molecule has 0 spiro atoms. The summed E-state index contributed by atoms with van der Waals surface area (Å²) in [4.78, 5) is 15.3. The first-order chi connectivity index (χ1) is 12.4. The molecule has 0 amide bonds. The number of rotatable bonds is 6. The van der Waals surface area contributed by atoms with Gasteiger partial charge in [0.15, 0.2) is 0 Å². The molecular formula is C20H20N2O3S. The summed E-state index contributed by atoms with van der Waals surface area (Å²) in [5.74, 6) is 0.826. The van der Waals surface area contributed by atoms with Gasteiger partial charge in [-0.05, 0) is 50.1 Å². The zero-order chi connectivity index (χ0) is 18.7. The molecular weight excluding hydrogens is 348 g/mol. The van der Waals surface area contributed by atoms with E-state index in [1.54, 1.807) is 24.3 Å². The van der Waals surface area contributed by atoms with Gasteiger partial charge in [0, 0.05) is 23.4 Å². The van der Waals surface area contributed by atoms with E-state index in [4.69, 9.17) is 4.74 Å². The van der Waals surface area contributed by atoms with E-state index in [0.29, 0.717) is 18.6 Å². The maximum Gasteiger partial charge on any atom is 0.272 e. The third-order valence-corrected chi connectivity index (χ3v) is 5.10. The van der Waals surface area contributed by atoms with E-state index in [9.17, 15) is 10.1 Å². The zero-order valence-corrected chi connectivity index (χ0v) is 15.8. The van der Waals surface area contributed by atoms with Crippen LogP contribution < -0.4 is 4.74 Å². The van der Waals surface area contributed by atoms with E-state index in [1.807, 2.05) is 49.6 Å². The standard InChI is InChI=1S/C20H20N2O3S/c1-13-4-6-18(7-5-13)25-11-17-12-26-20(21-17)10-16-8-15(3)19(22(23)24)9-14(16)2/h4-9,12H,10-11H2,1-3H3. The van der Waals surface area contributed by atoms with Gasteiger partial charge in [0.2, 0.25) is 0 Å². The Balaban J connectivity index is 1.67. The van der Waals surface area contributed by atoms with E-state index < -0.39 is 0 Å². The fourth-order valence-corrected chi connectivity index (χ4v) is 3.50. The van der Waals surface area contributed by atoms with Crippen LogP contribution in [0.15, 0.2) is 41.8 Å². The van der Waals surface area contributed by atoms with Crippen LogP contribution >= 0.6 is 11.3 Å². The second-order valence-corrected chi connectivity index (χ2v) is 7.28. The lowest BCUT2D eigenvalue weighted by Gasteiger charge is -2.06. The van der Waals surface area contributed by atoms with Crippen molar-refractivity contribution in [3.05, 3.63) is 84.8 Å². The fourth-order valence-electron chi connectivity index (χ4n) is 2.70. The number of aryl methyl sites for hydroxylation is 3. The molecule has 3 rings (SSSR count). The van der Waals surface area contributed by atoms with Crippen molar-refractivity contribution in [2.75, 3.05) is 0 Å². The molecule has 0 aliphatic heterocycles. The Bertz CT molecular complexity index is 933. The van der Waals surface area contributed by atoms with E-state index in [-0.39, 0.29) is 10.6 Å². The van der Waals surface area contributed by atoms with Crippen LogP contribution in [0.25, 0.3) is 0 Å². The molecule has 0 aliphatic rings. The third kappa shape index (κ3) is 4.26. The number of hydrogen-bond acceptors (Lipinski definition) is 5. The van der Waals surface area contributed by atoms with Crippen molar-refractivity contribution in [3.63, 3.8) is 0 Å². The van der Waals surface area contributed by atoms with Crippen molar-refractivity contribution in [2.45, 2.75) is 33.8 Å². The SMILES string of the molecule is Cc1ccc(OCc2csc(Cc3cc(C)c([N+](=O)[O-])cc3C)n2)cc1. The Hall–Kier alpha value is -2.73. The maximum absolute atomic E-state index is 11.0. The molecule has 0 saturated heterocycles. The minimum Gasteiger partial charge on any atom is -0.487 e. The second kappa shape index (κ2) is 7.66. The predicted molar refractivity (Wildman–Crippen MR) is 103 cm³/mol. The number of aromatic nitrogens is 1. The monoisotopic (exact) mass is 368 g/mol. The predicted octanol–water partition coefficient (Wildman–Crippen LogP) is 5.15. The molecule has 0 fully saturated rings. The Morgan fingerprint density at radius 2 is 1.85 bits per heavy atom. The summed E-state index contributed by atoms with van der Waals surface area (Å²) in [6.45, 7) is 6.14. The Morgan fingerprint density at radius 3 is 2.54 bits per heavy atom. The van der Waals surface area contributed by atoms with E-state index in [0.717, 1.165) is 27.6 Å². The van der Waals surface area contributed by atoms with E-state index >= 15 is 0 Å². The number of ether oxygens (including phenoxy) is 1. The normalized spacial score (nSPS) is 10.7.